The van der Waals surface area contributed by atoms with Gasteiger partial charge in [-0.1, -0.05) is 56.3 Å². The predicted molar refractivity (Wildman–Crippen MR) is 147 cm³/mol. The monoisotopic (exact) mass is 559 g/mol. The normalized spacial score (nSPS) is 12.1. The number of hydrogen-bond donors (Lipinski definition) is 1. The van der Waals surface area contributed by atoms with Crippen molar-refractivity contribution in [3.63, 3.8) is 0 Å². The number of imidazole rings is 1. The van der Waals surface area contributed by atoms with E-state index in [0.717, 1.165) is 11.4 Å². The van der Waals surface area contributed by atoms with Gasteiger partial charge in [-0.2, -0.15) is 0 Å². The van der Waals surface area contributed by atoms with Crippen LogP contribution in [-0.2, 0) is 32.5 Å². The smallest absolute Gasteiger partial charge is 0.421 e. The topological polar surface area (TPSA) is 117 Å². The van der Waals surface area contributed by atoms with E-state index >= 15 is 0 Å². The third-order valence-electron chi connectivity index (χ3n) is 5.88. The number of nitrogens with zero attached hydrogens (tertiary/aromatic N) is 2. The Morgan fingerprint density at radius 3 is 2.37 bits per heavy atom. The molecule has 0 aliphatic carbocycles. The van der Waals surface area contributed by atoms with Gasteiger partial charge in [-0.3, -0.25) is 0 Å². The van der Waals surface area contributed by atoms with Crippen molar-refractivity contribution in [2.24, 2.45) is 0 Å². The summed E-state index contributed by atoms with van der Waals surface area (Å²) in [7, 11) is -4.15. The lowest BCUT2D eigenvalue weighted by Gasteiger charge is -2.15. The zero-order chi connectivity index (χ0) is 27.9. The van der Waals surface area contributed by atoms with E-state index in [0.29, 0.717) is 41.2 Å². The molecular formula is C27H33N3O6S2. The van der Waals surface area contributed by atoms with E-state index in [1.165, 1.54) is 17.8 Å². The molecule has 11 heteroatoms. The minimum atomic E-state index is -4.15. The van der Waals surface area contributed by atoms with Crippen molar-refractivity contribution >= 4 is 33.8 Å². The number of ether oxygens (including phenoxy) is 2. The summed E-state index contributed by atoms with van der Waals surface area (Å²) in [6.07, 6.45) is 1.99. The fraction of sp³-hybridized carbons (Fsp3) is 0.370. The van der Waals surface area contributed by atoms with Crippen molar-refractivity contribution in [3.05, 3.63) is 65.6 Å². The Hall–Kier alpha value is -3.31. The number of hydrogen-bond acceptors (Lipinski definition) is 8. The number of aryl methyl sites for hydroxylation is 1. The average Bonchev–Trinajstić information content (AvgIpc) is 3.26. The predicted octanol–water partition coefficient (Wildman–Crippen LogP) is 5.27. The molecule has 2 aromatic carbocycles. The highest BCUT2D eigenvalue weighted by Gasteiger charge is 2.25. The third kappa shape index (κ3) is 6.76. The largest absolute Gasteiger partial charge is 0.458 e. The molecule has 9 nitrogen and oxygen atoms in total. The second-order valence-electron chi connectivity index (χ2n) is 8.47. The van der Waals surface area contributed by atoms with Gasteiger partial charge >= 0.3 is 12.1 Å². The van der Waals surface area contributed by atoms with Crippen molar-refractivity contribution in [2.45, 2.75) is 63.1 Å². The molecule has 204 valence electrons. The minimum Gasteiger partial charge on any atom is -0.458 e. The first-order chi connectivity index (χ1) is 18.1. The number of aromatic nitrogens is 2. The van der Waals surface area contributed by atoms with Gasteiger partial charge in [-0.15, -0.1) is 11.8 Å². The number of thioether (sulfide) groups is 1. The van der Waals surface area contributed by atoms with Crippen LogP contribution < -0.4 is 4.72 Å². The van der Waals surface area contributed by atoms with Gasteiger partial charge in [0.15, 0.2) is 5.69 Å². The van der Waals surface area contributed by atoms with Gasteiger partial charge in [-0.25, -0.2) is 27.7 Å². The molecule has 1 atom stereocenters. The van der Waals surface area contributed by atoms with Crippen LogP contribution in [0.15, 0.2) is 58.5 Å². The molecule has 0 radical (unpaired) electrons. The molecule has 0 spiro atoms. The Morgan fingerprint density at radius 1 is 1.08 bits per heavy atom. The van der Waals surface area contributed by atoms with Crippen LogP contribution in [0.2, 0.25) is 0 Å². The van der Waals surface area contributed by atoms with Gasteiger partial charge in [0, 0.05) is 18.5 Å². The highest BCUT2D eigenvalue weighted by molar-refractivity contribution is 7.98. The van der Waals surface area contributed by atoms with Crippen LogP contribution in [0.3, 0.4) is 0 Å². The number of benzene rings is 2. The molecule has 0 fully saturated rings. The maximum atomic E-state index is 13.0. The standard InChI is InChI=1S/C27H33N3O6S2/c1-6-18(4)36-26(31)24-25(37-5)28-23(7-2)30(24)17-19-13-15-20(16-14-19)21-11-9-10-12-22(21)38(33,34)29-27(32)35-8-3/h9-16,18H,6-8,17H2,1-5H3,(H,29,32). The van der Waals surface area contributed by atoms with E-state index in [9.17, 15) is 18.0 Å². The molecule has 0 aliphatic rings. The highest BCUT2D eigenvalue weighted by Crippen LogP contribution is 2.29. The van der Waals surface area contributed by atoms with Crippen molar-refractivity contribution < 1.29 is 27.5 Å². The second-order valence-corrected chi connectivity index (χ2v) is 10.9. The van der Waals surface area contributed by atoms with Crippen molar-refractivity contribution in [3.8, 4) is 11.1 Å². The molecule has 3 aromatic rings. The molecular weight excluding hydrogens is 526 g/mol. The Morgan fingerprint density at radius 2 is 1.76 bits per heavy atom. The Bertz CT molecular complexity index is 1380. The quantitative estimate of drug-likeness (QED) is 0.249. The van der Waals surface area contributed by atoms with Gasteiger partial charge in [0.25, 0.3) is 10.0 Å². The van der Waals surface area contributed by atoms with Crippen LogP contribution in [0.4, 0.5) is 4.79 Å². The van der Waals surface area contributed by atoms with E-state index < -0.39 is 22.1 Å². The summed E-state index contributed by atoms with van der Waals surface area (Å²) in [6.45, 7) is 7.84. The summed E-state index contributed by atoms with van der Waals surface area (Å²) in [5.74, 6) is 0.372. The zero-order valence-corrected chi connectivity index (χ0v) is 23.8. The fourth-order valence-electron chi connectivity index (χ4n) is 3.81. The number of carbonyl (C=O) groups excluding carboxylic acids is 2. The Balaban J connectivity index is 1.94. The number of nitrogens with one attached hydrogen (secondary N) is 1. The van der Waals surface area contributed by atoms with E-state index in [1.54, 1.807) is 25.1 Å². The first-order valence-electron chi connectivity index (χ1n) is 12.4. The van der Waals surface area contributed by atoms with E-state index in [1.807, 2.05) is 60.6 Å². The van der Waals surface area contributed by atoms with Crippen molar-refractivity contribution in [2.75, 3.05) is 12.9 Å². The summed E-state index contributed by atoms with van der Waals surface area (Å²) in [5.41, 5.74) is 2.42. The summed E-state index contributed by atoms with van der Waals surface area (Å²) in [4.78, 5) is 29.4. The van der Waals surface area contributed by atoms with Crippen molar-refractivity contribution in [1.82, 2.24) is 14.3 Å². The lowest BCUT2D eigenvalue weighted by atomic mass is 10.0. The molecule has 38 heavy (non-hydrogen) atoms. The summed E-state index contributed by atoms with van der Waals surface area (Å²) in [5, 5.41) is 0.625. The van der Waals surface area contributed by atoms with Gasteiger partial charge < -0.3 is 14.0 Å². The molecule has 1 aromatic heterocycles. The molecule has 1 unspecified atom stereocenters. The zero-order valence-electron chi connectivity index (χ0n) is 22.2. The summed E-state index contributed by atoms with van der Waals surface area (Å²) >= 11 is 1.40. The van der Waals surface area contributed by atoms with Crippen molar-refractivity contribution in [1.29, 1.82) is 0 Å². The summed E-state index contributed by atoms with van der Waals surface area (Å²) < 4.78 is 39.9. The van der Waals surface area contributed by atoms with Crippen LogP contribution in [-0.4, -0.2) is 49.0 Å². The maximum absolute atomic E-state index is 13.0. The average molecular weight is 560 g/mol. The van der Waals surface area contributed by atoms with E-state index in [-0.39, 0.29) is 17.6 Å². The molecule has 0 saturated carbocycles. The Labute approximate surface area is 228 Å². The first-order valence-corrected chi connectivity index (χ1v) is 15.1. The Kier molecular flexibility index (Phi) is 9.98. The number of rotatable bonds is 11. The summed E-state index contributed by atoms with van der Waals surface area (Å²) in [6, 6.07) is 13.8. The van der Waals surface area contributed by atoms with Gasteiger partial charge in [0.1, 0.15) is 10.9 Å². The molecule has 0 saturated heterocycles. The number of sulfonamides is 1. The minimum absolute atomic E-state index is 0.0385. The fourth-order valence-corrected chi connectivity index (χ4v) is 5.52. The number of amides is 1. The SMILES string of the molecule is CCOC(=O)NS(=O)(=O)c1ccccc1-c1ccc(Cn2c(CC)nc(SC)c2C(=O)OC(C)CC)cc1. The molecule has 0 aliphatic heterocycles. The number of esters is 1. The van der Waals surface area contributed by atoms with Gasteiger partial charge in [-0.05, 0) is 43.7 Å². The van der Waals surface area contributed by atoms with E-state index in [2.05, 4.69) is 4.98 Å². The molecule has 3 rings (SSSR count). The van der Waals surface area contributed by atoms with Crippen LogP contribution in [0, 0.1) is 0 Å². The molecule has 0 bridgehead atoms. The maximum Gasteiger partial charge on any atom is 0.421 e. The highest BCUT2D eigenvalue weighted by atomic mass is 32.2. The van der Waals surface area contributed by atoms with Gasteiger partial charge in [0.05, 0.1) is 17.6 Å². The van der Waals surface area contributed by atoms with Gasteiger partial charge in [0.2, 0.25) is 0 Å². The second kappa shape index (κ2) is 13.0. The molecule has 1 heterocycles. The van der Waals surface area contributed by atoms with Crippen LogP contribution in [0.1, 0.15) is 56.0 Å². The molecule has 1 N–H and O–H groups in total. The lowest BCUT2D eigenvalue weighted by Crippen LogP contribution is -2.31. The third-order valence-corrected chi connectivity index (χ3v) is 7.92. The van der Waals surface area contributed by atoms with Crippen LogP contribution in [0.25, 0.3) is 11.1 Å². The van der Waals surface area contributed by atoms with E-state index in [4.69, 9.17) is 9.47 Å². The molecule has 1 amide bonds. The first kappa shape index (κ1) is 29.2. The lowest BCUT2D eigenvalue weighted by molar-refractivity contribution is 0.0317. The van der Waals surface area contributed by atoms with Crippen LogP contribution >= 0.6 is 11.8 Å². The number of carbonyl (C=O) groups is 2. The van der Waals surface area contributed by atoms with Crippen LogP contribution in [0.5, 0.6) is 0 Å².